The molecule has 2 aromatic rings. The fourth-order valence-electron chi connectivity index (χ4n) is 4.87. The zero-order valence-electron chi connectivity index (χ0n) is 21.3. The van der Waals surface area contributed by atoms with Crippen molar-refractivity contribution in [3.05, 3.63) is 59.7 Å². The number of nitrogens with zero attached hydrogens (tertiary/aromatic N) is 1. The number of alkyl carbamates (subject to hydrolysis) is 1. The van der Waals surface area contributed by atoms with Crippen LogP contribution in [0.3, 0.4) is 0 Å². The first-order chi connectivity index (χ1) is 16.4. The van der Waals surface area contributed by atoms with Crippen LogP contribution in [0.25, 0.3) is 11.1 Å². The van der Waals surface area contributed by atoms with Gasteiger partial charge in [-0.2, -0.15) is 0 Å². The Bertz CT molecular complexity index is 1050. The van der Waals surface area contributed by atoms with Gasteiger partial charge in [-0.1, -0.05) is 82.6 Å². The monoisotopic (exact) mass is 480 g/mol. The Balaban J connectivity index is 1.75. The number of ether oxygens (including phenoxy) is 1. The fourth-order valence-corrected chi connectivity index (χ4v) is 4.87. The van der Waals surface area contributed by atoms with E-state index in [1.807, 2.05) is 64.1 Å². The van der Waals surface area contributed by atoms with E-state index in [4.69, 9.17) is 4.74 Å². The van der Waals surface area contributed by atoms with Crippen molar-refractivity contribution >= 4 is 18.0 Å². The molecule has 3 rings (SSSR count). The summed E-state index contributed by atoms with van der Waals surface area (Å²) >= 11 is 0. The number of hydrogen-bond donors (Lipinski definition) is 2. The molecule has 0 saturated heterocycles. The molecular weight excluding hydrogens is 444 g/mol. The van der Waals surface area contributed by atoms with Gasteiger partial charge in [0, 0.05) is 12.5 Å². The molecule has 188 valence electrons. The second-order valence-electron chi connectivity index (χ2n) is 10.6. The number of aliphatic carboxylic acids is 1. The number of rotatable bonds is 9. The summed E-state index contributed by atoms with van der Waals surface area (Å²) in [6.45, 7) is 9.32. The third-order valence-electron chi connectivity index (χ3n) is 6.22. The summed E-state index contributed by atoms with van der Waals surface area (Å²) in [5.41, 5.74) is 2.89. The summed E-state index contributed by atoms with van der Waals surface area (Å²) in [5.74, 6) is -1.61. The van der Waals surface area contributed by atoms with Crippen LogP contribution in [-0.2, 0) is 14.3 Å². The van der Waals surface area contributed by atoms with Crippen LogP contribution in [0.1, 0.15) is 64.5 Å². The Labute approximate surface area is 207 Å². The SMILES string of the molecule is CCCC(C)(NC(=O)OCC1c2ccccc2-c2ccccc21)C(=O)N(CC(=O)O)CC(C)(C)C. The van der Waals surface area contributed by atoms with Crippen molar-refractivity contribution < 1.29 is 24.2 Å². The molecule has 0 fully saturated rings. The molecule has 2 aromatic carbocycles. The minimum atomic E-state index is -1.28. The van der Waals surface area contributed by atoms with Crippen molar-refractivity contribution in [2.24, 2.45) is 5.41 Å². The normalized spacial score (nSPS) is 14.4. The highest BCUT2D eigenvalue weighted by Crippen LogP contribution is 2.44. The van der Waals surface area contributed by atoms with Crippen molar-refractivity contribution in [2.45, 2.75) is 58.9 Å². The topological polar surface area (TPSA) is 95.9 Å². The number of benzene rings is 2. The third kappa shape index (κ3) is 6.21. The molecule has 0 aliphatic heterocycles. The Kier molecular flexibility index (Phi) is 7.88. The smallest absolute Gasteiger partial charge is 0.408 e. The summed E-state index contributed by atoms with van der Waals surface area (Å²) in [5, 5.41) is 12.1. The standard InChI is InChI=1S/C28H36N2O5/c1-6-15-28(5,25(33)30(16-24(31)32)18-27(2,3)4)29-26(34)35-17-23-21-13-9-7-11-19(21)20-12-8-10-14-22(20)23/h7-14,23H,6,15-18H2,1-5H3,(H,29,34)(H,31,32). The summed E-state index contributed by atoms with van der Waals surface area (Å²) < 4.78 is 5.66. The van der Waals surface area contributed by atoms with E-state index in [9.17, 15) is 19.5 Å². The van der Waals surface area contributed by atoms with E-state index in [0.717, 1.165) is 22.3 Å². The number of carboxylic acid groups (broad SMARTS) is 1. The Morgan fingerprint density at radius 2 is 1.51 bits per heavy atom. The van der Waals surface area contributed by atoms with Gasteiger partial charge in [0.2, 0.25) is 5.91 Å². The quantitative estimate of drug-likeness (QED) is 0.524. The van der Waals surface area contributed by atoms with Crippen LogP contribution in [-0.4, -0.2) is 53.2 Å². The molecule has 1 aliphatic carbocycles. The Morgan fingerprint density at radius 3 is 2.00 bits per heavy atom. The average Bonchev–Trinajstić information content (AvgIpc) is 3.09. The van der Waals surface area contributed by atoms with E-state index in [1.54, 1.807) is 6.92 Å². The van der Waals surface area contributed by atoms with Gasteiger partial charge < -0.3 is 20.1 Å². The molecule has 0 spiro atoms. The summed E-state index contributed by atoms with van der Waals surface area (Å²) in [6, 6.07) is 16.2. The number of carboxylic acids is 1. The maximum atomic E-state index is 13.5. The highest BCUT2D eigenvalue weighted by molar-refractivity contribution is 5.91. The van der Waals surface area contributed by atoms with Gasteiger partial charge >= 0.3 is 12.1 Å². The summed E-state index contributed by atoms with van der Waals surface area (Å²) in [6.07, 6.45) is 0.292. The molecule has 7 nitrogen and oxygen atoms in total. The molecule has 0 heterocycles. The highest BCUT2D eigenvalue weighted by atomic mass is 16.5. The first-order valence-corrected chi connectivity index (χ1v) is 12.1. The lowest BCUT2D eigenvalue weighted by Gasteiger charge is -2.37. The molecule has 1 atom stereocenters. The van der Waals surface area contributed by atoms with Crippen molar-refractivity contribution in [2.75, 3.05) is 19.7 Å². The summed E-state index contributed by atoms with van der Waals surface area (Å²) in [7, 11) is 0. The zero-order chi connectivity index (χ0) is 25.8. The van der Waals surface area contributed by atoms with Gasteiger partial charge in [-0.25, -0.2) is 4.79 Å². The number of fused-ring (bicyclic) bond motifs is 3. The molecule has 0 radical (unpaired) electrons. The van der Waals surface area contributed by atoms with Crippen molar-refractivity contribution in [3.63, 3.8) is 0 Å². The van der Waals surface area contributed by atoms with Crippen LogP contribution in [0.15, 0.2) is 48.5 Å². The van der Waals surface area contributed by atoms with E-state index in [0.29, 0.717) is 12.8 Å². The van der Waals surface area contributed by atoms with Crippen molar-refractivity contribution in [1.29, 1.82) is 0 Å². The second kappa shape index (κ2) is 10.5. The van der Waals surface area contributed by atoms with Gasteiger partial charge in [-0.05, 0) is 41.0 Å². The zero-order valence-corrected chi connectivity index (χ0v) is 21.3. The van der Waals surface area contributed by atoms with Crippen LogP contribution in [0.5, 0.6) is 0 Å². The molecule has 2 N–H and O–H groups in total. The predicted molar refractivity (Wildman–Crippen MR) is 135 cm³/mol. The summed E-state index contributed by atoms with van der Waals surface area (Å²) in [4.78, 5) is 39.2. The van der Waals surface area contributed by atoms with Gasteiger partial charge in [0.25, 0.3) is 0 Å². The van der Waals surface area contributed by atoms with Crippen molar-refractivity contribution in [1.82, 2.24) is 10.2 Å². The molecule has 35 heavy (non-hydrogen) atoms. The molecule has 1 aliphatic rings. The van der Waals surface area contributed by atoms with E-state index in [-0.39, 0.29) is 24.5 Å². The first-order valence-electron chi connectivity index (χ1n) is 12.1. The maximum absolute atomic E-state index is 13.5. The predicted octanol–water partition coefficient (Wildman–Crippen LogP) is 5.04. The van der Waals surface area contributed by atoms with E-state index < -0.39 is 30.1 Å². The molecule has 7 heteroatoms. The van der Waals surface area contributed by atoms with Crippen molar-refractivity contribution in [3.8, 4) is 11.1 Å². The Morgan fingerprint density at radius 1 is 0.971 bits per heavy atom. The number of hydrogen-bond acceptors (Lipinski definition) is 4. The molecular formula is C28H36N2O5. The van der Waals surface area contributed by atoms with Gasteiger partial charge in [-0.3, -0.25) is 9.59 Å². The lowest BCUT2D eigenvalue weighted by molar-refractivity contribution is -0.148. The van der Waals surface area contributed by atoms with Crippen LogP contribution < -0.4 is 5.32 Å². The molecule has 2 amide bonds. The van der Waals surface area contributed by atoms with Crippen LogP contribution in [0.4, 0.5) is 4.79 Å². The highest BCUT2D eigenvalue weighted by Gasteiger charge is 2.40. The number of carbonyl (C=O) groups is 3. The van der Waals surface area contributed by atoms with Crippen LogP contribution in [0, 0.1) is 5.41 Å². The van der Waals surface area contributed by atoms with Gasteiger partial charge in [0.05, 0.1) is 0 Å². The Hall–Kier alpha value is -3.35. The van der Waals surface area contributed by atoms with Crippen LogP contribution >= 0.6 is 0 Å². The van der Waals surface area contributed by atoms with E-state index in [2.05, 4.69) is 17.4 Å². The minimum absolute atomic E-state index is 0.0920. The molecule has 0 saturated carbocycles. The lowest BCUT2D eigenvalue weighted by Crippen LogP contribution is -2.59. The van der Waals surface area contributed by atoms with Gasteiger partial charge in [-0.15, -0.1) is 0 Å². The average molecular weight is 481 g/mol. The second-order valence-corrected chi connectivity index (χ2v) is 10.6. The molecule has 0 aromatic heterocycles. The number of nitrogens with one attached hydrogen (secondary N) is 1. The van der Waals surface area contributed by atoms with E-state index in [1.165, 1.54) is 4.90 Å². The minimum Gasteiger partial charge on any atom is -0.480 e. The maximum Gasteiger partial charge on any atom is 0.408 e. The number of amides is 2. The van der Waals surface area contributed by atoms with Crippen LogP contribution in [0.2, 0.25) is 0 Å². The molecule has 1 unspecified atom stereocenters. The third-order valence-corrected chi connectivity index (χ3v) is 6.22. The first kappa shape index (κ1) is 26.3. The number of carbonyl (C=O) groups excluding carboxylic acids is 2. The largest absolute Gasteiger partial charge is 0.480 e. The molecule has 0 bridgehead atoms. The lowest BCUT2D eigenvalue weighted by atomic mass is 9.91. The van der Waals surface area contributed by atoms with Gasteiger partial charge in [0.15, 0.2) is 0 Å². The van der Waals surface area contributed by atoms with Gasteiger partial charge in [0.1, 0.15) is 18.7 Å². The van der Waals surface area contributed by atoms with E-state index >= 15 is 0 Å². The fraction of sp³-hybridized carbons (Fsp3) is 0.464.